The van der Waals surface area contributed by atoms with Gasteiger partial charge in [0.2, 0.25) is 0 Å². The SMILES string of the molecule is Cc1ccc(OCc2cnsc2C(=O)O)cc1. The summed E-state index contributed by atoms with van der Waals surface area (Å²) >= 11 is 0.966. The van der Waals surface area contributed by atoms with Gasteiger partial charge in [-0.05, 0) is 30.6 Å². The molecule has 0 bridgehead atoms. The molecular formula is C12H11NO3S. The van der Waals surface area contributed by atoms with Crippen LogP contribution in [0.25, 0.3) is 0 Å². The molecular weight excluding hydrogens is 238 g/mol. The van der Waals surface area contributed by atoms with Crippen molar-refractivity contribution in [2.24, 2.45) is 0 Å². The number of aromatic carboxylic acids is 1. The van der Waals surface area contributed by atoms with Crippen LogP contribution in [0.5, 0.6) is 5.75 Å². The summed E-state index contributed by atoms with van der Waals surface area (Å²) in [6.07, 6.45) is 1.53. The van der Waals surface area contributed by atoms with Crippen LogP contribution in [0.15, 0.2) is 30.5 Å². The van der Waals surface area contributed by atoms with Gasteiger partial charge in [0, 0.05) is 11.8 Å². The number of benzene rings is 1. The van der Waals surface area contributed by atoms with Crippen molar-refractivity contribution in [3.63, 3.8) is 0 Å². The van der Waals surface area contributed by atoms with E-state index < -0.39 is 5.97 Å². The van der Waals surface area contributed by atoms with E-state index in [9.17, 15) is 4.79 Å². The Balaban J connectivity index is 2.05. The molecule has 1 N–H and O–H groups in total. The van der Waals surface area contributed by atoms with Gasteiger partial charge in [0.25, 0.3) is 0 Å². The first-order chi connectivity index (χ1) is 8.16. The Labute approximate surface area is 103 Å². The average molecular weight is 249 g/mol. The quantitative estimate of drug-likeness (QED) is 0.905. The van der Waals surface area contributed by atoms with E-state index >= 15 is 0 Å². The number of rotatable bonds is 4. The predicted octanol–water partition coefficient (Wildman–Crippen LogP) is 2.73. The number of carboxylic acids is 1. The highest BCUT2D eigenvalue weighted by Crippen LogP contribution is 2.17. The molecule has 0 saturated carbocycles. The molecule has 0 atom stereocenters. The number of ether oxygens (including phenoxy) is 1. The molecule has 2 aromatic rings. The van der Waals surface area contributed by atoms with Gasteiger partial charge in [-0.1, -0.05) is 17.7 Å². The van der Waals surface area contributed by atoms with Crippen molar-refractivity contribution >= 4 is 17.5 Å². The third-order valence-electron chi connectivity index (χ3n) is 2.25. The third kappa shape index (κ3) is 2.82. The zero-order valence-electron chi connectivity index (χ0n) is 9.21. The maximum absolute atomic E-state index is 10.9. The predicted molar refractivity (Wildman–Crippen MR) is 64.6 cm³/mol. The normalized spacial score (nSPS) is 10.2. The number of carboxylic acid groups (broad SMARTS) is 1. The first-order valence-corrected chi connectivity index (χ1v) is 5.80. The molecule has 88 valence electrons. The van der Waals surface area contributed by atoms with Crippen LogP contribution in [0.3, 0.4) is 0 Å². The average Bonchev–Trinajstić information content (AvgIpc) is 2.76. The van der Waals surface area contributed by atoms with Crippen molar-refractivity contribution in [3.8, 4) is 5.75 Å². The molecule has 0 fully saturated rings. The second-order valence-corrected chi connectivity index (χ2v) is 4.39. The molecule has 2 rings (SSSR count). The fourth-order valence-corrected chi connectivity index (χ4v) is 1.93. The lowest BCUT2D eigenvalue weighted by molar-refractivity contribution is 0.0699. The lowest BCUT2D eigenvalue weighted by atomic mass is 10.2. The number of carbonyl (C=O) groups is 1. The Hall–Kier alpha value is -1.88. The van der Waals surface area contributed by atoms with Crippen molar-refractivity contribution in [2.75, 3.05) is 0 Å². The van der Waals surface area contributed by atoms with E-state index in [-0.39, 0.29) is 11.5 Å². The zero-order valence-corrected chi connectivity index (χ0v) is 10.0. The smallest absolute Gasteiger partial charge is 0.347 e. The van der Waals surface area contributed by atoms with Crippen molar-refractivity contribution in [1.29, 1.82) is 0 Å². The lowest BCUT2D eigenvalue weighted by Crippen LogP contribution is -2.01. The third-order valence-corrected chi connectivity index (χ3v) is 3.08. The first kappa shape index (κ1) is 11.6. The Morgan fingerprint density at radius 3 is 2.76 bits per heavy atom. The molecule has 0 aliphatic rings. The molecule has 1 aromatic carbocycles. The summed E-state index contributed by atoms with van der Waals surface area (Å²) in [6.45, 7) is 2.22. The highest BCUT2D eigenvalue weighted by molar-refractivity contribution is 7.08. The second kappa shape index (κ2) is 4.97. The summed E-state index contributed by atoms with van der Waals surface area (Å²) in [5, 5.41) is 8.90. The molecule has 0 spiro atoms. The van der Waals surface area contributed by atoms with Gasteiger partial charge in [-0.15, -0.1) is 0 Å². The van der Waals surface area contributed by atoms with Crippen LogP contribution < -0.4 is 4.74 Å². The van der Waals surface area contributed by atoms with E-state index in [1.807, 2.05) is 31.2 Å². The Kier molecular flexibility index (Phi) is 3.39. The van der Waals surface area contributed by atoms with Crippen molar-refractivity contribution in [2.45, 2.75) is 13.5 Å². The van der Waals surface area contributed by atoms with Gasteiger partial charge < -0.3 is 9.84 Å². The molecule has 0 saturated heterocycles. The van der Waals surface area contributed by atoms with E-state index in [0.717, 1.165) is 22.8 Å². The fourth-order valence-electron chi connectivity index (χ4n) is 1.33. The van der Waals surface area contributed by atoms with Crippen LogP contribution in [0.4, 0.5) is 0 Å². The number of hydrogen-bond donors (Lipinski definition) is 1. The van der Waals surface area contributed by atoms with Crippen LogP contribution in [0, 0.1) is 6.92 Å². The molecule has 0 radical (unpaired) electrons. The molecule has 0 unspecified atom stereocenters. The number of nitrogens with zero attached hydrogens (tertiary/aromatic N) is 1. The van der Waals surface area contributed by atoms with E-state index in [0.29, 0.717) is 5.56 Å². The van der Waals surface area contributed by atoms with Gasteiger partial charge in [0.05, 0.1) is 0 Å². The minimum Gasteiger partial charge on any atom is -0.489 e. The van der Waals surface area contributed by atoms with Crippen molar-refractivity contribution < 1.29 is 14.6 Å². The molecule has 1 heterocycles. The van der Waals surface area contributed by atoms with Crippen molar-refractivity contribution in [3.05, 3.63) is 46.5 Å². The maximum atomic E-state index is 10.9. The topological polar surface area (TPSA) is 59.4 Å². The first-order valence-electron chi connectivity index (χ1n) is 5.03. The molecule has 17 heavy (non-hydrogen) atoms. The van der Waals surface area contributed by atoms with Crippen LogP contribution in [-0.2, 0) is 6.61 Å². The Bertz CT molecular complexity index is 519. The summed E-state index contributed by atoms with van der Waals surface area (Å²) in [7, 11) is 0. The summed E-state index contributed by atoms with van der Waals surface area (Å²) < 4.78 is 9.35. The highest BCUT2D eigenvalue weighted by Gasteiger charge is 2.13. The van der Waals surface area contributed by atoms with Gasteiger partial charge in [-0.2, -0.15) is 4.37 Å². The lowest BCUT2D eigenvalue weighted by Gasteiger charge is -2.05. The summed E-state index contributed by atoms with van der Waals surface area (Å²) in [4.78, 5) is 11.1. The van der Waals surface area contributed by atoms with Gasteiger partial charge in [0.1, 0.15) is 17.2 Å². The number of aryl methyl sites for hydroxylation is 1. The highest BCUT2D eigenvalue weighted by atomic mass is 32.1. The zero-order chi connectivity index (χ0) is 12.3. The molecule has 0 aliphatic carbocycles. The number of aromatic nitrogens is 1. The van der Waals surface area contributed by atoms with Gasteiger partial charge >= 0.3 is 5.97 Å². The monoisotopic (exact) mass is 249 g/mol. The standard InChI is InChI=1S/C12H11NO3S/c1-8-2-4-10(5-3-8)16-7-9-6-13-17-11(9)12(14)15/h2-6H,7H2,1H3,(H,14,15). The maximum Gasteiger partial charge on any atom is 0.347 e. The van der Waals surface area contributed by atoms with Gasteiger partial charge in [0.15, 0.2) is 0 Å². The van der Waals surface area contributed by atoms with Crippen molar-refractivity contribution in [1.82, 2.24) is 4.37 Å². The van der Waals surface area contributed by atoms with Crippen LogP contribution in [-0.4, -0.2) is 15.4 Å². The fraction of sp³-hybridized carbons (Fsp3) is 0.167. The van der Waals surface area contributed by atoms with Crippen LogP contribution in [0.2, 0.25) is 0 Å². The number of hydrogen-bond acceptors (Lipinski definition) is 4. The largest absolute Gasteiger partial charge is 0.489 e. The van der Waals surface area contributed by atoms with Crippen LogP contribution >= 0.6 is 11.5 Å². The Morgan fingerprint density at radius 1 is 1.41 bits per heavy atom. The minimum absolute atomic E-state index is 0.223. The molecule has 1 aromatic heterocycles. The molecule has 5 heteroatoms. The van der Waals surface area contributed by atoms with Crippen LogP contribution in [0.1, 0.15) is 20.8 Å². The van der Waals surface area contributed by atoms with E-state index in [1.165, 1.54) is 6.20 Å². The molecule has 0 amide bonds. The summed E-state index contributed by atoms with van der Waals surface area (Å²) in [5.41, 5.74) is 1.75. The summed E-state index contributed by atoms with van der Waals surface area (Å²) in [5.74, 6) is -0.242. The Morgan fingerprint density at radius 2 is 2.12 bits per heavy atom. The van der Waals surface area contributed by atoms with Gasteiger partial charge in [-0.25, -0.2) is 4.79 Å². The van der Waals surface area contributed by atoms with E-state index in [4.69, 9.17) is 9.84 Å². The minimum atomic E-state index is -0.963. The van der Waals surface area contributed by atoms with E-state index in [1.54, 1.807) is 0 Å². The molecule has 4 nitrogen and oxygen atoms in total. The van der Waals surface area contributed by atoms with E-state index in [2.05, 4.69) is 4.37 Å². The second-order valence-electron chi connectivity index (χ2n) is 3.59. The van der Waals surface area contributed by atoms with Gasteiger partial charge in [-0.3, -0.25) is 0 Å². The molecule has 0 aliphatic heterocycles. The summed E-state index contributed by atoms with van der Waals surface area (Å²) in [6, 6.07) is 7.60.